The molecule has 6 heteroatoms. The average Bonchev–Trinajstić information content (AvgIpc) is 3.02. The molecule has 2 fully saturated rings. The smallest absolute Gasteiger partial charge is 0.255 e. The molecule has 2 aromatic rings. The van der Waals surface area contributed by atoms with E-state index in [-0.39, 0.29) is 23.5 Å². The van der Waals surface area contributed by atoms with Crippen LogP contribution in [-0.2, 0) is 4.74 Å². The van der Waals surface area contributed by atoms with Crippen molar-refractivity contribution >= 4 is 11.6 Å². The number of nitrogens with one attached hydrogen (secondary N) is 1. The minimum Gasteiger partial charge on any atom is -0.392 e. The second-order valence-electron chi connectivity index (χ2n) is 6.71. The molecule has 1 saturated heterocycles. The number of rotatable bonds is 2. The summed E-state index contributed by atoms with van der Waals surface area (Å²) >= 11 is 0. The summed E-state index contributed by atoms with van der Waals surface area (Å²) in [6, 6.07) is 1.87. The summed E-state index contributed by atoms with van der Waals surface area (Å²) in [6.07, 6.45) is 7.34. The highest BCUT2D eigenvalue weighted by atomic mass is 16.5. The number of aliphatic hydroxyl groups is 1. The molecule has 1 aliphatic carbocycles. The van der Waals surface area contributed by atoms with Gasteiger partial charge in [0.2, 0.25) is 0 Å². The van der Waals surface area contributed by atoms with E-state index in [0.29, 0.717) is 30.8 Å². The van der Waals surface area contributed by atoms with Gasteiger partial charge in [0.1, 0.15) is 5.65 Å². The van der Waals surface area contributed by atoms with Gasteiger partial charge in [0.05, 0.1) is 11.7 Å². The molecule has 122 valence electrons. The van der Waals surface area contributed by atoms with Crippen LogP contribution < -0.4 is 5.32 Å². The quantitative estimate of drug-likeness (QED) is 0.876. The van der Waals surface area contributed by atoms with Crippen LogP contribution in [-0.4, -0.2) is 45.8 Å². The monoisotopic (exact) mass is 315 g/mol. The first kappa shape index (κ1) is 14.7. The normalized spacial score (nSPS) is 26.2. The molecule has 0 aromatic carbocycles. The Bertz CT molecular complexity index is 749. The Morgan fingerprint density at radius 1 is 1.48 bits per heavy atom. The highest BCUT2D eigenvalue weighted by Crippen LogP contribution is 2.49. The molecule has 2 atom stereocenters. The van der Waals surface area contributed by atoms with Gasteiger partial charge >= 0.3 is 0 Å². The Morgan fingerprint density at radius 3 is 3.00 bits per heavy atom. The van der Waals surface area contributed by atoms with E-state index in [1.165, 1.54) is 0 Å². The first-order valence-corrected chi connectivity index (χ1v) is 8.10. The zero-order chi connectivity index (χ0) is 16.0. The van der Waals surface area contributed by atoms with Crippen molar-refractivity contribution in [3.05, 3.63) is 35.8 Å². The number of ether oxygens (including phenoxy) is 1. The van der Waals surface area contributed by atoms with Gasteiger partial charge in [0, 0.05) is 43.3 Å². The fourth-order valence-corrected chi connectivity index (χ4v) is 3.98. The maximum absolute atomic E-state index is 12.8. The summed E-state index contributed by atoms with van der Waals surface area (Å²) in [4.78, 5) is 17.1. The first-order chi connectivity index (χ1) is 11.1. The number of carbonyl (C=O) groups excluding carboxylic acids is 1. The van der Waals surface area contributed by atoms with Gasteiger partial charge < -0.3 is 19.6 Å². The molecule has 23 heavy (non-hydrogen) atoms. The predicted molar refractivity (Wildman–Crippen MR) is 84.3 cm³/mol. The van der Waals surface area contributed by atoms with Crippen LogP contribution in [0.1, 0.15) is 35.2 Å². The number of amides is 1. The molecule has 1 spiro atoms. The van der Waals surface area contributed by atoms with E-state index in [4.69, 9.17) is 4.74 Å². The van der Waals surface area contributed by atoms with Gasteiger partial charge in [-0.1, -0.05) is 0 Å². The predicted octanol–water partition coefficient (Wildman–Crippen LogP) is 1.30. The standard InChI is InChI=1S/C17H21N3O3/c1-11-8-12(15-18-4-5-20(15)10-11)16(22)19-13-9-14(21)17(13)2-6-23-7-3-17/h4-5,8,10,13-14,21H,2-3,6-7,9H2,1H3,(H,19,22)/t13-,14-/m1/s1. The Kier molecular flexibility index (Phi) is 3.39. The molecule has 1 amide bonds. The molecular weight excluding hydrogens is 294 g/mol. The van der Waals surface area contributed by atoms with Crippen molar-refractivity contribution in [3.63, 3.8) is 0 Å². The van der Waals surface area contributed by atoms with Gasteiger partial charge in [-0.3, -0.25) is 4.79 Å². The van der Waals surface area contributed by atoms with Crippen molar-refractivity contribution in [2.24, 2.45) is 5.41 Å². The minimum absolute atomic E-state index is 0.00410. The number of imidazole rings is 1. The van der Waals surface area contributed by atoms with Gasteiger partial charge in [-0.25, -0.2) is 4.98 Å². The fraction of sp³-hybridized carbons (Fsp3) is 0.529. The summed E-state index contributed by atoms with van der Waals surface area (Å²) in [7, 11) is 0. The highest BCUT2D eigenvalue weighted by Gasteiger charge is 2.55. The van der Waals surface area contributed by atoms with E-state index >= 15 is 0 Å². The van der Waals surface area contributed by atoms with Crippen LogP contribution in [0.3, 0.4) is 0 Å². The lowest BCUT2D eigenvalue weighted by atomic mass is 9.58. The number of pyridine rings is 1. The number of carbonyl (C=O) groups is 1. The zero-order valence-electron chi connectivity index (χ0n) is 13.2. The number of aliphatic hydroxyl groups excluding tert-OH is 1. The summed E-state index contributed by atoms with van der Waals surface area (Å²) in [5.41, 5.74) is 2.03. The van der Waals surface area contributed by atoms with Gasteiger partial charge in [0.15, 0.2) is 0 Å². The van der Waals surface area contributed by atoms with Crippen molar-refractivity contribution in [1.29, 1.82) is 0 Å². The van der Waals surface area contributed by atoms with E-state index < -0.39 is 0 Å². The Hall–Kier alpha value is -1.92. The largest absolute Gasteiger partial charge is 0.392 e. The topological polar surface area (TPSA) is 75.9 Å². The Morgan fingerprint density at radius 2 is 2.26 bits per heavy atom. The first-order valence-electron chi connectivity index (χ1n) is 8.10. The Labute approximate surface area is 134 Å². The van der Waals surface area contributed by atoms with E-state index in [1.54, 1.807) is 6.20 Å². The summed E-state index contributed by atoms with van der Waals surface area (Å²) in [5, 5.41) is 13.4. The van der Waals surface area contributed by atoms with Crippen LogP contribution in [0.4, 0.5) is 0 Å². The maximum atomic E-state index is 12.8. The lowest BCUT2D eigenvalue weighted by molar-refractivity contribution is -0.145. The minimum atomic E-state index is -0.347. The number of aromatic nitrogens is 2. The maximum Gasteiger partial charge on any atom is 0.255 e. The summed E-state index contributed by atoms with van der Waals surface area (Å²) in [6.45, 7) is 3.26. The molecule has 0 unspecified atom stereocenters. The van der Waals surface area contributed by atoms with E-state index in [2.05, 4.69) is 10.3 Å². The third-order valence-corrected chi connectivity index (χ3v) is 5.41. The summed E-state index contributed by atoms with van der Waals surface area (Å²) in [5.74, 6) is -0.118. The number of hydrogen-bond donors (Lipinski definition) is 2. The van der Waals surface area contributed by atoms with Gasteiger partial charge in [-0.05, 0) is 37.8 Å². The van der Waals surface area contributed by atoms with Crippen molar-refractivity contribution in [2.75, 3.05) is 13.2 Å². The van der Waals surface area contributed by atoms with Gasteiger partial charge in [-0.2, -0.15) is 0 Å². The molecule has 0 radical (unpaired) electrons. The van der Waals surface area contributed by atoms with Crippen LogP contribution in [0.25, 0.3) is 5.65 Å². The number of aryl methyl sites for hydroxylation is 1. The van der Waals surface area contributed by atoms with Crippen LogP contribution in [0, 0.1) is 12.3 Å². The van der Waals surface area contributed by atoms with Crippen LogP contribution in [0.2, 0.25) is 0 Å². The zero-order valence-corrected chi connectivity index (χ0v) is 13.2. The lowest BCUT2D eigenvalue weighted by Crippen LogP contribution is -2.65. The molecule has 1 aliphatic heterocycles. The van der Waals surface area contributed by atoms with E-state index in [0.717, 1.165) is 18.4 Å². The molecule has 3 heterocycles. The Balaban J connectivity index is 1.59. The van der Waals surface area contributed by atoms with Gasteiger partial charge in [0.25, 0.3) is 5.91 Å². The van der Waals surface area contributed by atoms with Crippen molar-refractivity contribution in [3.8, 4) is 0 Å². The van der Waals surface area contributed by atoms with E-state index in [1.807, 2.05) is 29.8 Å². The van der Waals surface area contributed by atoms with Crippen molar-refractivity contribution in [1.82, 2.24) is 14.7 Å². The third-order valence-electron chi connectivity index (χ3n) is 5.41. The number of hydrogen-bond acceptors (Lipinski definition) is 4. The van der Waals surface area contributed by atoms with Crippen LogP contribution in [0.5, 0.6) is 0 Å². The molecule has 1 saturated carbocycles. The van der Waals surface area contributed by atoms with Crippen molar-refractivity contribution < 1.29 is 14.6 Å². The molecule has 0 bridgehead atoms. The number of nitrogens with zero attached hydrogens (tertiary/aromatic N) is 2. The molecular formula is C17H21N3O3. The average molecular weight is 315 g/mol. The molecule has 6 nitrogen and oxygen atoms in total. The van der Waals surface area contributed by atoms with E-state index in [9.17, 15) is 9.90 Å². The van der Waals surface area contributed by atoms with Crippen LogP contribution in [0.15, 0.2) is 24.7 Å². The molecule has 4 rings (SSSR count). The third kappa shape index (κ3) is 2.24. The lowest BCUT2D eigenvalue weighted by Gasteiger charge is -2.55. The SMILES string of the molecule is Cc1cc(C(=O)N[C@@H]2C[C@@H](O)C23CCOCC3)c2nccn2c1. The van der Waals surface area contributed by atoms with Gasteiger partial charge in [-0.15, -0.1) is 0 Å². The second kappa shape index (κ2) is 5.32. The highest BCUT2D eigenvalue weighted by molar-refractivity contribution is 6.00. The fourth-order valence-electron chi connectivity index (χ4n) is 3.98. The summed E-state index contributed by atoms with van der Waals surface area (Å²) < 4.78 is 7.28. The molecule has 2 aromatic heterocycles. The van der Waals surface area contributed by atoms with Crippen molar-refractivity contribution in [2.45, 2.75) is 38.3 Å². The van der Waals surface area contributed by atoms with Crippen LogP contribution >= 0.6 is 0 Å². The molecule has 2 aliphatic rings. The molecule has 2 N–H and O–H groups in total. The second-order valence-corrected chi connectivity index (χ2v) is 6.71. The number of fused-ring (bicyclic) bond motifs is 1.